The third kappa shape index (κ3) is 3.00. The molecule has 0 spiro atoms. The molecule has 1 atom stereocenters. The number of benzene rings is 1. The number of rotatable bonds is 4. The van der Waals surface area contributed by atoms with Gasteiger partial charge in [-0.3, -0.25) is 4.98 Å². The number of anilines is 1. The molecule has 0 aliphatic carbocycles. The number of aliphatic hydroxyl groups is 1. The van der Waals surface area contributed by atoms with Crippen molar-refractivity contribution in [3.8, 4) is 11.3 Å². The predicted molar refractivity (Wildman–Crippen MR) is 87.9 cm³/mol. The standard InChI is InChI=1S/C16H15ClN4O/c1-10(22)8-19-16-14-9-18-7-6-13(14)15(20-21-16)11-2-4-12(17)5-3-11/h2-7,9-10,22H,8H2,1H3,(H,19,21)/t10-/m0/s1. The van der Waals surface area contributed by atoms with Crippen molar-refractivity contribution in [2.24, 2.45) is 0 Å². The largest absolute Gasteiger partial charge is 0.392 e. The summed E-state index contributed by atoms with van der Waals surface area (Å²) in [6, 6.07) is 9.38. The minimum atomic E-state index is -0.468. The summed E-state index contributed by atoms with van der Waals surface area (Å²) in [6.07, 6.45) is 3.00. The van der Waals surface area contributed by atoms with E-state index in [9.17, 15) is 5.11 Å². The summed E-state index contributed by atoms with van der Waals surface area (Å²) in [4.78, 5) is 4.16. The van der Waals surface area contributed by atoms with Crippen molar-refractivity contribution in [2.45, 2.75) is 13.0 Å². The van der Waals surface area contributed by atoms with Gasteiger partial charge in [0, 0.05) is 40.3 Å². The average molecular weight is 315 g/mol. The third-order valence-electron chi connectivity index (χ3n) is 3.26. The quantitative estimate of drug-likeness (QED) is 0.774. The molecule has 22 heavy (non-hydrogen) atoms. The number of hydrogen-bond donors (Lipinski definition) is 2. The van der Waals surface area contributed by atoms with Crippen LogP contribution < -0.4 is 5.32 Å². The SMILES string of the molecule is C[C@H](O)CNc1nnc(-c2ccc(Cl)cc2)c2ccncc12. The highest BCUT2D eigenvalue weighted by Gasteiger charge is 2.11. The van der Waals surface area contributed by atoms with Crippen LogP contribution >= 0.6 is 11.6 Å². The molecular weight excluding hydrogens is 300 g/mol. The van der Waals surface area contributed by atoms with E-state index in [2.05, 4.69) is 20.5 Å². The van der Waals surface area contributed by atoms with E-state index in [1.54, 1.807) is 19.3 Å². The topological polar surface area (TPSA) is 70.9 Å². The molecule has 112 valence electrons. The van der Waals surface area contributed by atoms with Crippen LogP contribution in [0.4, 0.5) is 5.82 Å². The van der Waals surface area contributed by atoms with Crippen molar-refractivity contribution >= 4 is 28.2 Å². The highest BCUT2D eigenvalue weighted by Crippen LogP contribution is 2.29. The van der Waals surface area contributed by atoms with Gasteiger partial charge in [0.1, 0.15) is 5.69 Å². The van der Waals surface area contributed by atoms with Crippen LogP contribution in [0.2, 0.25) is 5.02 Å². The van der Waals surface area contributed by atoms with Gasteiger partial charge in [0.15, 0.2) is 5.82 Å². The molecule has 0 saturated heterocycles. The van der Waals surface area contributed by atoms with E-state index in [0.717, 1.165) is 22.0 Å². The number of nitrogens with one attached hydrogen (secondary N) is 1. The van der Waals surface area contributed by atoms with Gasteiger partial charge in [-0.05, 0) is 25.1 Å². The number of halogens is 1. The summed E-state index contributed by atoms with van der Waals surface area (Å²) in [7, 11) is 0. The molecule has 5 nitrogen and oxygen atoms in total. The summed E-state index contributed by atoms with van der Waals surface area (Å²) in [6.45, 7) is 2.11. The van der Waals surface area contributed by atoms with Gasteiger partial charge in [0.05, 0.1) is 6.10 Å². The van der Waals surface area contributed by atoms with Crippen molar-refractivity contribution < 1.29 is 5.11 Å². The second-order valence-corrected chi connectivity index (χ2v) is 5.49. The van der Waals surface area contributed by atoms with Crippen molar-refractivity contribution in [2.75, 3.05) is 11.9 Å². The van der Waals surface area contributed by atoms with E-state index in [-0.39, 0.29) is 0 Å². The number of aromatic nitrogens is 3. The first-order valence-corrected chi connectivity index (χ1v) is 7.31. The Morgan fingerprint density at radius 2 is 1.91 bits per heavy atom. The zero-order valence-corrected chi connectivity index (χ0v) is 12.7. The molecule has 2 aromatic heterocycles. The second-order valence-electron chi connectivity index (χ2n) is 5.06. The first-order valence-electron chi connectivity index (χ1n) is 6.93. The molecule has 6 heteroatoms. The molecule has 0 bridgehead atoms. The number of pyridine rings is 1. The van der Waals surface area contributed by atoms with Crippen LogP contribution in [-0.2, 0) is 0 Å². The summed E-state index contributed by atoms with van der Waals surface area (Å²) in [5.41, 5.74) is 1.71. The lowest BCUT2D eigenvalue weighted by molar-refractivity contribution is 0.208. The summed E-state index contributed by atoms with van der Waals surface area (Å²) >= 11 is 5.93. The zero-order chi connectivity index (χ0) is 15.5. The molecule has 3 aromatic rings. The summed E-state index contributed by atoms with van der Waals surface area (Å²) in [5.74, 6) is 0.613. The average Bonchev–Trinajstić information content (AvgIpc) is 2.53. The maximum absolute atomic E-state index is 9.41. The van der Waals surface area contributed by atoms with Crippen LogP contribution in [0.1, 0.15) is 6.92 Å². The van der Waals surface area contributed by atoms with Gasteiger partial charge in [-0.15, -0.1) is 10.2 Å². The molecule has 0 amide bonds. The van der Waals surface area contributed by atoms with Crippen LogP contribution in [0, 0.1) is 0 Å². The van der Waals surface area contributed by atoms with Crippen LogP contribution in [-0.4, -0.2) is 32.9 Å². The molecular formula is C16H15ClN4O. The lowest BCUT2D eigenvalue weighted by Gasteiger charge is -2.11. The molecule has 0 saturated carbocycles. The minimum Gasteiger partial charge on any atom is -0.392 e. The maximum atomic E-state index is 9.41. The Morgan fingerprint density at radius 3 is 2.64 bits per heavy atom. The fourth-order valence-corrected chi connectivity index (χ4v) is 2.32. The zero-order valence-electron chi connectivity index (χ0n) is 12.0. The van der Waals surface area contributed by atoms with Crippen LogP contribution in [0.15, 0.2) is 42.7 Å². The van der Waals surface area contributed by atoms with Gasteiger partial charge in [0.25, 0.3) is 0 Å². The molecule has 1 aromatic carbocycles. The van der Waals surface area contributed by atoms with Gasteiger partial charge in [-0.25, -0.2) is 0 Å². The van der Waals surface area contributed by atoms with E-state index in [0.29, 0.717) is 17.4 Å². The fourth-order valence-electron chi connectivity index (χ4n) is 2.19. The first-order chi connectivity index (χ1) is 10.6. The number of aliphatic hydroxyl groups excluding tert-OH is 1. The highest BCUT2D eigenvalue weighted by atomic mass is 35.5. The molecule has 2 N–H and O–H groups in total. The van der Waals surface area contributed by atoms with Crippen LogP contribution in [0.3, 0.4) is 0 Å². The van der Waals surface area contributed by atoms with Gasteiger partial charge in [0.2, 0.25) is 0 Å². The van der Waals surface area contributed by atoms with Crippen molar-refractivity contribution in [1.29, 1.82) is 0 Å². The van der Waals surface area contributed by atoms with Crippen molar-refractivity contribution in [3.63, 3.8) is 0 Å². The van der Waals surface area contributed by atoms with Crippen LogP contribution in [0.5, 0.6) is 0 Å². The molecule has 0 radical (unpaired) electrons. The summed E-state index contributed by atoms with van der Waals surface area (Å²) < 4.78 is 0. The van der Waals surface area contributed by atoms with Crippen LogP contribution in [0.25, 0.3) is 22.0 Å². The van der Waals surface area contributed by atoms with E-state index in [1.807, 2.05) is 30.3 Å². The van der Waals surface area contributed by atoms with Gasteiger partial charge in [-0.2, -0.15) is 0 Å². The fraction of sp³-hybridized carbons (Fsp3) is 0.188. The lowest BCUT2D eigenvalue weighted by Crippen LogP contribution is -2.16. The second kappa shape index (κ2) is 6.25. The Labute approximate surface area is 133 Å². The molecule has 0 aliphatic rings. The predicted octanol–water partition coefficient (Wildman–Crippen LogP) is 3.14. The Hall–Kier alpha value is -2.24. The third-order valence-corrected chi connectivity index (χ3v) is 3.52. The van der Waals surface area contributed by atoms with E-state index in [4.69, 9.17) is 11.6 Å². The molecule has 0 aliphatic heterocycles. The van der Waals surface area contributed by atoms with E-state index >= 15 is 0 Å². The molecule has 0 fully saturated rings. The minimum absolute atomic E-state index is 0.402. The Morgan fingerprint density at radius 1 is 1.14 bits per heavy atom. The summed E-state index contributed by atoms with van der Waals surface area (Å²) in [5, 5.41) is 23.5. The van der Waals surface area contributed by atoms with Gasteiger partial charge < -0.3 is 10.4 Å². The van der Waals surface area contributed by atoms with Crippen molar-refractivity contribution in [1.82, 2.24) is 15.2 Å². The van der Waals surface area contributed by atoms with Gasteiger partial charge >= 0.3 is 0 Å². The Bertz CT molecular complexity index is 790. The first kappa shape index (κ1) is 14.7. The maximum Gasteiger partial charge on any atom is 0.158 e. The normalized spacial score (nSPS) is 12.3. The monoisotopic (exact) mass is 314 g/mol. The molecule has 2 heterocycles. The van der Waals surface area contributed by atoms with Crippen molar-refractivity contribution in [3.05, 3.63) is 47.7 Å². The Kier molecular flexibility index (Phi) is 4.18. The smallest absolute Gasteiger partial charge is 0.158 e. The highest BCUT2D eigenvalue weighted by molar-refractivity contribution is 6.30. The van der Waals surface area contributed by atoms with E-state index in [1.165, 1.54) is 0 Å². The Balaban J connectivity index is 2.09. The molecule has 3 rings (SSSR count). The van der Waals surface area contributed by atoms with E-state index < -0.39 is 6.10 Å². The molecule has 0 unspecified atom stereocenters. The number of fused-ring (bicyclic) bond motifs is 1. The lowest BCUT2D eigenvalue weighted by atomic mass is 10.1. The number of hydrogen-bond acceptors (Lipinski definition) is 5. The number of nitrogens with zero attached hydrogens (tertiary/aromatic N) is 3. The van der Waals surface area contributed by atoms with Gasteiger partial charge in [-0.1, -0.05) is 23.7 Å².